The average Bonchev–Trinajstić information content (AvgIpc) is 3.08. The molecule has 0 atom stereocenters. The van der Waals surface area contributed by atoms with Crippen molar-refractivity contribution in [3.8, 4) is 11.5 Å². The molecule has 0 aliphatic carbocycles. The first-order valence-corrected chi connectivity index (χ1v) is 10.1. The van der Waals surface area contributed by atoms with Gasteiger partial charge in [-0.3, -0.25) is 4.79 Å². The number of thiophene rings is 1. The quantitative estimate of drug-likeness (QED) is 0.524. The number of carbonyl (C=O) groups is 2. The third-order valence-electron chi connectivity index (χ3n) is 3.69. The summed E-state index contributed by atoms with van der Waals surface area (Å²) >= 11 is 13.5. The van der Waals surface area contributed by atoms with E-state index in [1.807, 2.05) is 13.0 Å². The molecule has 1 aromatic carbocycles. The Morgan fingerprint density at radius 1 is 1.21 bits per heavy atom. The van der Waals surface area contributed by atoms with Gasteiger partial charge in [-0.15, -0.1) is 11.3 Å². The molecule has 28 heavy (non-hydrogen) atoms. The van der Waals surface area contributed by atoms with E-state index in [0.29, 0.717) is 29.0 Å². The highest BCUT2D eigenvalue weighted by Gasteiger charge is 2.19. The number of nitrogens with zero attached hydrogens (tertiary/aromatic N) is 1. The van der Waals surface area contributed by atoms with Crippen molar-refractivity contribution in [2.45, 2.75) is 19.9 Å². The van der Waals surface area contributed by atoms with Crippen LogP contribution in [-0.2, 0) is 16.1 Å². The van der Waals surface area contributed by atoms with E-state index < -0.39 is 5.97 Å². The summed E-state index contributed by atoms with van der Waals surface area (Å²) in [5.41, 5.74) is 0.172. The van der Waals surface area contributed by atoms with Crippen molar-refractivity contribution >= 4 is 46.4 Å². The highest BCUT2D eigenvalue weighted by Crippen LogP contribution is 2.36. The van der Waals surface area contributed by atoms with E-state index in [2.05, 4.69) is 0 Å². The van der Waals surface area contributed by atoms with Crippen LogP contribution in [0.4, 0.5) is 0 Å². The molecule has 0 saturated carbocycles. The standard InChI is InChI=1S/C19H21Cl2NO5S/c1-4-7-26-18-14(20)8-12(9-15(18)25-3)19(24)27-11-17(23)22(2)10-13-5-6-16(21)28-13/h5-6,8-9H,4,7,10-11H2,1-3H3. The van der Waals surface area contributed by atoms with Crippen LogP contribution >= 0.6 is 34.5 Å². The number of esters is 1. The van der Waals surface area contributed by atoms with Crippen LogP contribution in [0.1, 0.15) is 28.6 Å². The Kier molecular flexibility index (Phi) is 8.41. The first-order chi connectivity index (χ1) is 13.3. The number of methoxy groups -OCH3 is 1. The molecule has 1 amide bonds. The van der Waals surface area contributed by atoms with Gasteiger partial charge in [-0.25, -0.2) is 4.79 Å². The van der Waals surface area contributed by atoms with Gasteiger partial charge in [0.2, 0.25) is 0 Å². The van der Waals surface area contributed by atoms with Gasteiger partial charge in [0.15, 0.2) is 18.1 Å². The smallest absolute Gasteiger partial charge is 0.338 e. The van der Waals surface area contributed by atoms with Crippen molar-refractivity contribution in [3.63, 3.8) is 0 Å². The van der Waals surface area contributed by atoms with Crippen LogP contribution in [0.5, 0.6) is 11.5 Å². The van der Waals surface area contributed by atoms with Crippen LogP contribution < -0.4 is 9.47 Å². The van der Waals surface area contributed by atoms with Gasteiger partial charge in [0.05, 0.1) is 35.2 Å². The Labute approximate surface area is 177 Å². The highest BCUT2D eigenvalue weighted by molar-refractivity contribution is 7.16. The Hall–Kier alpha value is -1.96. The summed E-state index contributed by atoms with van der Waals surface area (Å²) in [6, 6.07) is 6.52. The molecule has 0 aliphatic heterocycles. The third kappa shape index (κ3) is 6.02. The lowest BCUT2D eigenvalue weighted by Gasteiger charge is -2.16. The maximum atomic E-state index is 12.3. The summed E-state index contributed by atoms with van der Waals surface area (Å²) in [6.45, 7) is 2.43. The highest BCUT2D eigenvalue weighted by atomic mass is 35.5. The zero-order valence-electron chi connectivity index (χ0n) is 15.8. The number of halogens is 2. The van der Waals surface area contributed by atoms with Crippen LogP contribution in [0.25, 0.3) is 0 Å². The largest absolute Gasteiger partial charge is 0.493 e. The minimum absolute atomic E-state index is 0.172. The van der Waals surface area contributed by atoms with E-state index in [1.54, 1.807) is 13.1 Å². The van der Waals surface area contributed by atoms with Crippen molar-refractivity contribution in [1.29, 1.82) is 0 Å². The van der Waals surface area contributed by atoms with Crippen molar-refractivity contribution in [1.82, 2.24) is 4.90 Å². The van der Waals surface area contributed by atoms with E-state index in [1.165, 1.54) is 35.5 Å². The summed E-state index contributed by atoms with van der Waals surface area (Å²) in [6.07, 6.45) is 0.802. The van der Waals surface area contributed by atoms with E-state index in [4.69, 9.17) is 37.4 Å². The number of hydrogen-bond donors (Lipinski definition) is 0. The molecule has 0 N–H and O–H groups in total. The molecule has 6 nitrogen and oxygen atoms in total. The lowest BCUT2D eigenvalue weighted by molar-refractivity contribution is -0.133. The zero-order valence-corrected chi connectivity index (χ0v) is 18.1. The fourth-order valence-corrected chi connectivity index (χ4v) is 3.67. The van der Waals surface area contributed by atoms with Gasteiger partial charge < -0.3 is 19.1 Å². The topological polar surface area (TPSA) is 65.1 Å². The number of amides is 1. The Balaban J connectivity index is 1.98. The van der Waals surface area contributed by atoms with E-state index in [9.17, 15) is 9.59 Å². The maximum Gasteiger partial charge on any atom is 0.338 e. The van der Waals surface area contributed by atoms with Crippen LogP contribution in [0, 0.1) is 0 Å². The number of hydrogen-bond acceptors (Lipinski definition) is 6. The number of carbonyl (C=O) groups excluding carboxylic acids is 2. The summed E-state index contributed by atoms with van der Waals surface area (Å²) in [5.74, 6) is -0.319. The van der Waals surface area contributed by atoms with E-state index >= 15 is 0 Å². The molecule has 0 saturated heterocycles. The van der Waals surface area contributed by atoms with Gasteiger partial charge in [0, 0.05) is 11.9 Å². The molecule has 2 rings (SSSR count). The first-order valence-electron chi connectivity index (χ1n) is 8.51. The normalized spacial score (nSPS) is 10.5. The Morgan fingerprint density at radius 2 is 1.96 bits per heavy atom. The molecular formula is C19H21Cl2NO5S. The van der Waals surface area contributed by atoms with Crippen LogP contribution in [0.15, 0.2) is 24.3 Å². The van der Waals surface area contributed by atoms with Crippen molar-refractivity contribution in [3.05, 3.63) is 44.1 Å². The van der Waals surface area contributed by atoms with Gasteiger partial charge in [-0.2, -0.15) is 0 Å². The average molecular weight is 446 g/mol. The summed E-state index contributed by atoms with van der Waals surface area (Å²) < 4.78 is 16.6. The van der Waals surface area contributed by atoms with Gasteiger partial charge in [-0.05, 0) is 30.7 Å². The second kappa shape index (κ2) is 10.5. The van der Waals surface area contributed by atoms with E-state index in [0.717, 1.165) is 11.3 Å². The summed E-state index contributed by atoms with van der Waals surface area (Å²) in [7, 11) is 3.08. The predicted octanol–water partition coefficient (Wildman–Crippen LogP) is 4.67. The molecule has 0 spiro atoms. The zero-order chi connectivity index (χ0) is 20.7. The molecule has 152 valence electrons. The molecule has 0 unspecified atom stereocenters. The molecule has 1 aromatic heterocycles. The first kappa shape index (κ1) is 22.3. The molecule has 0 radical (unpaired) electrons. The predicted molar refractivity (Wildman–Crippen MR) is 110 cm³/mol. The van der Waals surface area contributed by atoms with Gasteiger partial charge in [-0.1, -0.05) is 30.1 Å². The molecule has 0 aliphatic rings. The molecule has 2 aromatic rings. The number of rotatable bonds is 9. The third-order valence-corrected chi connectivity index (χ3v) is 5.19. The lowest BCUT2D eigenvalue weighted by Crippen LogP contribution is -2.30. The molecule has 9 heteroatoms. The van der Waals surface area contributed by atoms with Crippen LogP contribution in [0.2, 0.25) is 9.36 Å². The lowest BCUT2D eigenvalue weighted by atomic mass is 10.2. The molecule has 0 bridgehead atoms. The fraction of sp³-hybridized carbons (Fsp3) is 0.368. The second-order valence-electron chi connectivity index (χ2n) is 5.87. The van der Waals surface area contributed by atoms with Gasteiger partial charge in [0.25, 0.3) is 5.91 Å². The van der Waals surface area contributed by atoms with Crippen LogP contribution in [0.3, 0.4) is 0 Å². The molecular weight excluding hydrogens is 425 g/mol. The number of likely N-dealkylation sites (N-methyl/N-ethyl adjacent to an activating group) is 1. The number of benzene rings is 1. The SMILES string of the molecule is CCCOc1c(Cl)cc(C(=O)OCC(=O)N(C)Cc2ccc(Cl)s2)cc1OC. The Morgan fingerprint density at radius 3 is 2.57 bits per heavy atom. The second-order valence-corrected chi connectivity index (χ2v) is 8.08. The summed E-state index contributed by atoms with van der Waals surface area (Å²) in [4.78, 5) is 26.9. The fourth-order valence-electron chi connectivity index (χ4n) is 2.26. The van der Waals surface area contributed by atoms with Gasteiger partial charge in [0.1, 0.15) is 0 Å². The summed E-state index contributed by atoms with van der Waals surface area (Å²) in [5, 5.41) is 0.234. The minimum atomic E-state index is -0.678. The van der Waals surface area contributed by atoms with Crippen molar-refractivity contribution in [2.75, 3.05) is 27.4 Å². The Bertz CT molecular complexity index is 840. The monoisotopic (exact) mass is 445 g/mol. The van der Waals surface area contributed by atoms with Crippen molar-refractivity contribution < 1.29 is 23.8 Å². The maximum absolute atomic E-state index is 12.3. The number of ether oxygens (including phenoxy) is 3. The van der Waals surface area contributed by atoms with E-state index in [-0.39, 0.29) is 23.1 Å². The minimum Gasteiger partial charge on any atom is -0.493 e. The molecule has 0 fully saturated rings. The van der Waals surface area contributed by atoms with Crippen molar-refractivity contribution in [2.24, 2.45) is 0 Å². The van der Waals surface area contributed by atoms with Crippen LogP contribution in [-0.4, -0.2) is 44.1 Å². The van der Waals surface area contributed by atoms with Gasteiger partial charge >= 0.3 is 5.97 Å². The molecule has 1 heterocycles.